The lowest BCUT2D eigenvalue weighted by molar-refractivity contribution is 0.00189. The van der Waals surface area contributed by atoms with Crippen LogP contribution in [0, 0.1) is 0 Å². The summed E-state index contributed by atoms with van der Waals surface area (Å²) < 4.78 is 27.1. The van der Waals surface area contributed by atoms with Gasteiger partial charge in [0.1, 0.15) is 18.0 Å². The van der Waals surface area contributed by atoms with Crippen LogP contribution in [0.4, 0.5) is 4.79 Å². The summed E-state index contributed by atoms with van der Waals surface area (Å²) in [5.74, 6) is 0.840. The number of hydrogen-bond donors (Lipinski definition) is 0. The molecule has 0 unspecified atom stereocenters. The SMILES string of the molecule is CN(CCOCCOCCOCCOc1ccccc1)C(=O)OC(C)(C)C. The number of nitrogens with zero attached hydrogens (tertiary/aromatic N) is 1. The molecule has 0 aliphatic rings. The molecule has 0 aliphatic carbocycles. The van der Waals surface area contributed by atoms with Gasteiger partial charge in [-0.25, -0.2) is 4.79 Å². The summed E-state index contributed by atoms with van der Waals surface area (Å²) in [5, 5.41) is 0. The lowest BCUT2D eigenvalue weighted by Gasteiger charge is -2.24. The van der Waals surface area contributed by atoms with E-state index >= 15 is 0 Å². The number of benzene rings is 1. The third-order valence-corrected chi connectivity index (χ3v) is 3.26. The Hall–Kier alpha value is -1.83. The predicted molar refractivity (Wildman–Crippen MR) is 103 cm³/mol. The van der Waals surface area contributed by atoms with Gasteiger partial charge < -0.3 is 28.6 Å². The van der Waals surface area contributed by atoms with Gasteiger partial charge in [0, 0.05) is 13.6 Å². The second-order valence-corrected chi connectivity index (χ2v) is 6.90. The van der Waals surface area contributed by atoms with Gasteiger partial charge in [-0.3, -0.25) is 0 Å². The fraction of sp³-hybridized carbons (Fsp3) is 0.650. The van der Waals surface area contributed by atoms with E-state index in [0.717, 1.165) is 5.75 Å². The van der Waals surface area contributed by atoms with Gasteiger partial charge in [0.25, 0.3) is 0 Å². The van der Waals surface area contributed by atoms with Crippen LogP contribution < -0.4 is 4.74 Å². The molecular formula is C20H33NO6. The minimum atomic E-state index is -0.490. The van der Waals surface area contributed by atoms with Gasteiger partial charge in [0.2, 0.25) is 0 Å². The molecule has 27 heavy (non-hydrogen) atoms. The fourth-order valence-corrected chi connectivity index (χ4v) is 1.91. The summed E-state index contributed by atoms with van der Waals surface area (Å²) in [7, 11) is 1.69. The summed E-state index contributed by atoms with van der Waals surface area (Å²) in [6.45, 7) is 9.44. The topological polar surface area (TPSA) is 66.5 Å². The van der Waals surface area contributed by atoms with E-state index in [1.165, 1.54) is 4.90 Å². The van der Waals surface area contributed by atoms with Gasteiger partial charge in [0.05, 0.1) is 39.6 Å². The molecular weight excluding hydrogens is 350 g/mol. The maximum absolute atomic E-state index is 11.8. The maximum atomic E-state index is 11.8. The minimum Gasteiger partial charge on any atom is -0.491 e. The third kappa shape index (κ3) is 13.1. The van der Waals surface area contributed by atoms with Gasteiger partial charge >= 0.3 is 6.09 Å². The average Bonchev–Trinajstić information content (AvgIpc) is 2.62. The fourth-order valence-electron chi connectivity index (χ4n) is 1.91. The molecule has 0 atom stereocenters. The number of likely N-dealkylation sites (N-methyl/N-ethyl adjacent to an activating group) is 1. The largest absolute Gasteiger partial charge is 0.491 e. The molecule has 7 heteroatoms. The Bertz CT molecular complexity index is 503. The molecule has 1 aromatic rings. The van der Waals surface area contributed by atoms with Crippen LogP contribution in [0.3, 0.4) is 0 Å². The van der Waals surface area contributed by atoms with Gasteiger partial charge in [-0.1, -0.05) is 18.2 Å². The Morgan fingerprint density at radius 2 is 1.37 bits per heavy atom. The van der Waals surface area contributed by atoms with Crippen molar-refractivity contribution in [1.29, 1.82) is 0 Å². The van der Waals surface area contributed by atoms with E-state index in [9.17, 15) is 4.79 Å². The second kappa shape index (κ2) is 13.4. The molecule has 0 aromatic heterocycles. The van der Waals surface area contributed by atoms with Crippen LogP contribution >= 0.6 is 0 Å². The Labute approximate surface area is 162 Å². The molecule has 1 amide bonds. The first-order chi connectivity index (χ1) is 12.9. The van der Waals surface area contributed by atoms with Crippen molar-refractivity contribution < 1.29 is 28.5 Å². The smallest absolute Gasteiger partial charge is 0.410 e. The van der Waals surface area contributed by atoms with Gasteiger partial charge in [-0.05, 0) is 32.9 Å². The lowest BCUT2D eigenvalue weighted by Crippen LogP contribution is -2.36. The van der Waals surface area contributed by atoms with Crippen LogP contribution in [0.5, 0.6) is 5.75 Å². The molecule has 0 saturated carbocycles. The first-order valence-corrected chi connectivity index (χ1v) is 9.23. The first-order valence-electron chi connectivity index (χ1n) is 9.23. The quantitative estimate of drug-likeness (QED) is 0.488. The molecule has 0 bridgehead atoms. The molecule has 7 nitrogen and oxygen atoms in total. The lowest BCUT2D eigenvalue weighted by atomic mass is 10.2. The Morgan fingerprint density at radius 1 is 0.852 bits per heavy atom. The van der Waals surface area contributed by atoms with Crippen LogP contribution in [0.1, 0.15) is 20.8 Å². The molecule has 0 fully saturated rings. The second-order valence-electron chi connectivity index (χ2n) is 6.90. The van der Waals surface area contributed by atoms with E-state index in [2.05, 4.69) is 0 Å². The van der Waals surface area contributed by atoms with Crippen LogP contribution in [-0.2, 0) is 18.9 Å². The molecule has 0 aliphatic heterocycles. The number of rotatable bonds is 13. The Morgan fingerprint density at radius 3 is 1.93 bits per heavy atom. The number of hydrogen-bond acceptors (Lipinski definition) is 6. The normalized spacial score (nSPS) is 11.3. The number of ether oxygens (including phenoxy) is 5. The third-order valence-electron chi connectivity index (χ3n) is 3.26. The van der Waals surface area contributed by atoms with Crippen molar-refractivity contribution in [2.75, 3.05) is 59.8 Å². The van der Waals surface area contributed by atoms with Crippen LogP contribution in [0.25, 0.3) is 0 Å². The van der Waals surface area contributed by atoms with Crippen LogP contribution in [-0.4, -0.2) is 76.4 Å². The molecule has 0 heterocycles. The molecule has 1 rings (SSSR count). The van der Waals surface area contributed by atoms with E-state index in [4.69, 9.17) is 23.7 Å². The van der Waals surface area contributed by atoms with Crippen molar-refractivity contribution in [3.05, 3.63) is 30.3 Å². The summed E-state index contributed by atoms with van der Waals surface area (Å²) in [5.41, 5.74) is -0.490. The van der Waals surface area contributed by atoms with Gasteiger partial charge in [-0.2, -0.15) is 0 Å². The summed E-state index contributed by atoms with van der Waals surface area (Å²) in [6, 6.07) is 9.63. The first kappa shape index (κ1) is 23.2. The number of carbonyl (C=O) groups is 1. The molecule has 0 spiro atoms. The van der Waals surface area contributed by atoms with Crippen molar-refractivity contribution >= 4 is 6.09 Å². The zero-order valence-electron chi connectivity index (χ0n) is 16.9. The molecule has 0 radical (unpaired) electrons. The molecule has 0 saturated heterocycles. The maximum Gasteiger partial charge on any atom is 0.410 e. The standard InChI is InChI=1S/C20H33NO6/c1-20(2,3)27-19(22)21(4)10-11-23-12-13-24-14-15-25-16-17-26-18-8-6-5-7-9-18/h5-9H,10-17H2,1-4H3. The monoisotopic (exact) mass is 383 g/mol. The number of carbonyl (C=O) groups excluding carboxylic acids is 1. The zero-order valence-corrected chi connectivity index (χ0v) is 16.9. The predicted octanol–water partition coefficient (Wildman–Crippen LogP) is 2.98. The van der Waals surface area contributed by atoms with Gasteiger partial charge in [0.15, 0.2) is 0 Å². The van der Waals surface area contributed by atoms with E-state index in [-0.39, 0.29) is 6.09 Å². The van der Waals surface area contributed by atoms with E-state index < -0.39 is 5.60 Å². The van der Waals surface area contributed by atoms with Crippen LogP contribution in [0.15, 0.2) is 30.3 Å². The summed E-state index contributed by atoms with van der Waals surface area (Å²) >= 11 is 0. The minimum absolute atomic E-state index is 0.351. The summed E-state index contributed by atoms with van der Waals surface area (Å²) in [6.07, 6.45) is -0.351. The highest BCUT2D eigenvalue weighted by Gasteiger charge is 2.19. The van der Waals surface area contributed by atoms with E-state index in [1.54, 1.807) is 7.05 Å². The van der Waals surface area contributed by atoms with Crippen molar-refractivity contribution in [1.82, 2.24) is 4.90 Å². The zero-order chi connectivity index (χ0) is 20.0. The Balaban J connectivity index is 1.85. The highest BCUT2D eigenvalue weighted by Crippen LogP contribution is 2.09. The Kier molecular flexibility index (Phi) is 11.5. The average molecular weight is 383 g/mol. The number of para-hydroxylation sites is 1. The van der Waals surface area contributed by atoms with Crippen molar-refractivity contribution in [2.45, 2.75) is 26.4 Å². The van der Waals surface area contributed by atoms with Crippen molar-refractivity contribution in [3.8, 4) is 5.75 Å². The summed E-state index contributed by atoms with van der Waals surface area (Å²) in [4.78, 5) is 13.3. The molecule has 0 N–H and O–H groups in total. The highest BCUT2D eigenvalue weighted by molar-refractivity contribution is 5.67. The molecule has 1 aromatic carbocycles. The van der Waals surface area contributed by atoms with Crippen LogP contribution in [0.2, 0.25) is 0 Å². The van der Waals surface area contributed by atoms with Gasteiger partial charge in [-0.15, -0.1) is 0 Å². The molecule has 154 valence electrons. The van der Waals surface area contributed by atoms with E-state index in [1.807, 2.05) is 51.1 Å². The number of amides is 1. The van der Waals surface area contributed by atoms with Crippen molar-refractivity contribution in [2.24, 2.45) is 0 Å². The van der Waals surface area contributed by atoms with E-state index in [0.29, 0.717) is 52.8 Å². The highest BCUT2D eigenvalue weighted by atomic mass is 16.6. The van der Waals surface area contributed by atoms with Crippen molar-refractivity contribution in [3.63, 3.8) is 0 Å².